The van der Waals surface area contributed by atoms with E-state index in [4.69, 9.17) is 0 Å². The summed E-state index contributed by atoms with van der Waals surface area (Å²) in [6.07, 6.45) is 1.23. The molecular formula is C12H18N2O. The van der Waals surface area contributed by atoms with Crippen molar-refractivity contribution in [1.29, 1.82) is 0 Å². The monoisotopic (exact) mass is 206 g/mol. The lowest BCUT2D eigenvalue weighted by atomic mass is 10.1. The summed E-state index contributed by atoms with van der Waals surface area (Å²) < 4.78 is 0. The van der Waals surface area contributed by atoms with Crippen molar-refractivity contribution in [2.45, 2.75) is 6.42 Å². The topological polar surface area (TPSA) is 35.5 Å². The van der Waals surface area contributed by atoms with E-state index >= 15 is 0 Å². The van der Waals surface area contributed by atoms with Crippen LogP contribution < -0.4 is 10.2 Å². The first kappa shape index (κ1) is 10.3. The molecule has 1 fully saturated rings. The second-order valence-electron chi connectivity index (χ2n) is 4.23. The normalized spacial score (nSPS) is 20.5. The Labute approximate surface area is 90.7 Å². The third-order valence-corrected chi connectivity index (χ3v) is 2.99. The molecule has 3 heteroatoms. The van der Waals surface area contributed by atoms with Crippen LogP contribution in [0.15, 0.2) is 24.3 Å². The molecule has 0 spiro atoms. The minimum absolute atomic E-state index is 0.367. The number of hydrogen-bond acceptors (Lipinski definition) is 3. The van der Waals surface area contributed by atoms with Crippen molar-refractivity contribution in [2.24, 2.45) is 5.92 Å². The molecule has 0 aromatic heterocycles. The maximum atomic E-state index is 9.70. The first-order valence-corrected chi connectivity index (χ1v) is 5.47. The predicted octanol–water partition coefficient (Wildman–Crippen LogP) is 1.44. The molecule has 0 saturated carbocycles. The van der Waals surface area contributed by atoms with Gasteiger partial charge in [-0.05, 0) is 37.6 Å². The van der Waals surface area contributed by atoms with E-state index in [1.54, 1.807) is 6.07 Å². The fraction of sp³-hybridized carbons (Fsp3) is 0.500. The molecule has 0 aliphatic carbocycles. The van der Waals surface area contributed by atoms with E-state index in [0.717, 1.165) is 25.3 Å². The molecule has 1 unspecified atom stereocenters. The summed E-state index contributed by atoms with van der Waals surface area (Å²) in [6.45, 7) is 3.22. The molecule has 1 heterocycles. The highest BCUT2D eigenvalue weighted by molar-refractivity contribution is 5.56. The van der Waals surface area contributed by atoms with Gasteiger partial charge in [0.05, 0.1) is 5.69 Å². The number of hydrogen-bond donors (Lipinski definition) is 2. The molecule has 1 aromatic rings. The lowest BCUT2D eigenvalue weighted by Crippen LogP contribution is -2.26. The Kier molecular flexibility index (Phi) is 3.11. The van der Waals surface area contributed by atoms with Gasteiger partial charge >= 0.3 is 0 Å². The van der Waals surface area contributed by atoms with Gasteiger partial charge in [-0.2, -0.15) is 0 Å². The lowest BCUT2D eigenvalue weighted by molar-refractivity contribution is 0.472. The third-order valence-electron chi connectivity index (χ3n) is 2.99. The predicted molar refractivity (Wildman–Crippen MR) is 62.4 cm³/mol. The molecule has 82 valence electrons. The van der Waals surface area contributed by atoms with Crippen molar-refractivity contribution in [3.8, 4) is 5.75 Å². The molecule has 2 N–H and O–H groups in total. The summed E-state index contributed by atoms with van der Waals surface area (Å²) in [5.41, 5.74) is 0.921. The number of benzene rings is 1. The zero-order chi connectivity index (χ0) is 10.7. The summed E-state index contributed by atoms with van der Waals surface area (Å²) in [7, 11) is 2.04. The smallest absolute Gasteiger partial charge is 0.138 e. The van der Waals surface area contributed by atoms with Crippen LogP contribution in [-0.2, 0) is 0 Å². The number of anilines is 1. The van der Waals surface area contributed by atoms with Crippen LogP contribution in [0.5, 0.6) is 5.75 Å². The number of nitrogens with zero attached hydrogens (tertiary/aromatic N) is 1. The summed E-state index contributed by atoms with van der Waals surface area (Å²) in [6, 6.07) is 7.50. The van der Waals surface area contributed by atoms with Crippen molar-refractivity contribution < 1.29 is 5.11 Å². The minimum Gasteiger partial charge on any atom is -0.506 e. The summed E-state index contributed by atoms with van der Waals surface area (Å²) in [5.74, 6) is 1.07. The molecule has 1 aliphatic heterocycles. The van der Waals surface area contributed by atoms with Gasteiger partial charge in [-0.15, -0.1) is 0 Å². The Balaban J connectivity index is 2.00. The molecule has 0 bridgehead atoms. The zero-order valence-electron chi connectivity index (χ0n) is 9.11. The lowest BCUT2D eigenvalue weighted by Gasteiger charge is -2.23. The number of para-hydroxylation sites is 2. The van der Waals surface area contributed by atoms with Gasteiger partial charge < -0.3 is 15.3 Å². The standard InChI is InChI=1S/C12H18N2O/c1-14(9-10-6-7-13-8-10)11-4-2-3-5-12(11)15/h2-5,10,13,15H,6-9H2,1H3. The van der Waals surface area contributed by atoms with E-state index < -0.39 is 0 Å². The quantitative estimate of drug-likeness (QED) is 0.785. The van der Waals surface area contributed by atoms with E-state index in [1.807, 2.05) is 25.2 Å². The molecule has 15 heavy (non-hydrogen) atoms. The van der Waals surface area contributed by atoms with E-state index in [2.05, 4.69) is 10.2 Å². The SMILES string of the molecule is CN(CC1CCNC1)c1ccccc1O. The van der Waals surface area contributed by atoms with Gasteiger partial charge in [-0.3, -0.25) is 0 Å². The van der Waals surface area contributed by atoms with E-state index in [0.29, 0.717) is 11.7 Å². The molecule has 3 nitrogen and oxygen atoms in total. The van der Waals surface area contributed by atoms with Crippen LogP contribution in [0, 0.1) is 5.92 Å². The zero-order valence-corrected chi connectivity index (χ0v) is 9.11. The highest BCUT2D eigenvalue weighted by atomic mass is 16.3. The Morgan fingerprint density at radius 3 is 2.93 bits per heavy atom. The number of nitrogens with one attached hydrogen (secondary N) is 1. The second kappa shape index (κ2) is 4.53. The maximum Gasteiger partial charge on any atom is 0.138 e. The average Bonchev–Trinajstić information content (AvgIpc) is 2.71. The number of phenolic OH excluding ortho intramolecular Hbond substituents is 1. The minimum atomic E-state index is 0.367. The Morgan fingerprint density at radius 1 is 1.47 bits per heavy atom. The largest absolute Gasteiger partial charge is 0.506 e. The van der Waals surface area contributed by atoms with Gasteiger partial charge in [0.15, 0.2) is 0 Å². The molecule has 2 rings (SSSR count). The number of rotatable bonds is 3. The first-order valence-electron chi connectivity index (χ1n) is 5.47. The van der Waals surface area contributed by atoms with Crippen LogP contribution in [0.4, 0.5) is 5.69 Å². The Hall–Kier alpha value is -1.22. The fourth-order valence-corrected chi connectivity index (χ4v) is 2.14. The van der Waals surface area contributed by atoms with Crippen LogP contribution >= 0.6 is 0 Å². The van der Waals surface area contributed by atoms with Gasteiger partial charge in [-0.25, -0.2) is 0 Å². The molecule has 0 radical (unpaired) electrons. The summed E-state index contributed by atoms with van der Waals surface area (Å²) in [5, 5.41) is 13.1. The Bertz CT molecular complexity index is 321. The molecule has 1 aromatic carbocycles. The van der Waals surface area contributed by atoms with Crippen LogP contribution in [-0.4, -0.2) is 31.8 Å². The van der Waals surface area contributed by atoms with Crippen LogP contribution in [0.2, 0.25) is 0 Å². The van der Waals surface area contributed by atoms with Crippen LogP contribution in [0.25, 0.3) is 0 Å². The Morgan fingerprint density at radius 2 is 2.27 bits per heavy atom. The van der Waals surface area contributed by atoms with Crippen molar-refractivity contribution in [1.82, 2.24) is 5.32 Å². The van der Waals surface area contributed by atoms with Crippen molar-refractivity contribution >= 4 is 5.69 Å². The second-order valence-corrected chi connectivity index (χ2v) is 4.23. The van der Waals surface area contributed by atoms with Gasteiger partial charge in [-0.1, -0.05) is 12.1 Å². The molecule has 1 atom stereocenters. The number of aromatic hydroxyl groups is 1. The van der Waals surface area contributed by atoms with Crippen molar-refractivity contribution in [3.05, 3.63) is 24.3 Å². The molecule has 0 amide bonds. The highest BCUT2D eigenvalue weighted by Gasteiger charge is 2.17. The van der Waals surface area contributed by atoms with Crippen molar-refractivity contribution in [2.75, 3.05) is 31.6 Å². The maximum absolute atomic E-state index is 9.70. The van der Waals surface area contributed by atoms with Crippen LogP contribution in [0.1, 0.15) is 6.42 Å². The number of phenols is 1. The van der Waals surface area contributed by atoms with Gasteiger partial charge in [0.1, 0.15) is 5.75 Å². The van der Waals surface area contributed by atoms with Gasteiger partial charge in [0, 0.05) is 13.6 Å². The molecular weight excluding hydrogens is 188 g/mol. The highest BCUT2D eigenvalue weighted by Crippen LogP contribution is 2.26. The fourth-order valence-electron chi connectivity index (χ4n) is 2.14. The van der Waals surface area contributed by atoms with Crippen LogP contribution in [0.3, 0.4) is 0 Å². The van der Waals surface area contributed by atoms with E-state index in [1.165, 1.54) is 6.42 Å². The van der Waals surface area contributed by atoms with Gasteiger partial charge in [0.2, 0.25) is 0 Å². The molecule has 1 saturated heterocycles. The average molecular weight is 206 g/mol. The third kappa shape index (κ3) is 2.42. The first-order chi connectivity index (χ1) is 7.27. The summed E-state index contributed by atoms with van der Waals surface area (Å²) >= 11 is 0. The molecule has 1 aliphatic rings. The van der Waals surface area contributed by atoms with E-state index in [9.17, 15) is 5.11 Å². The van der Waals surface area contributed by atoms with Gasteiger partial charge in [0.25, 0.3) is 0 Å². The van der Waals surface area contributed by atoms with Crippen molar-refractivity contribution in [3.63, 3.8) is 0 Å². The van der Waals surface area contributed by atoms with E-state index in [-0.39, 0.29) is 0 Å². The summed E-state index contributed by atoms with van der Waals surface area (Å²) in [4.78, 5) is 2.13.